The van der Waals surface area contributed by atoms with Crippen molar-refractivity contribution in [2.75, 3.05) is 6.61 Å². The molecule has 1 unspecified atom stereocenters. The van der Waals surface area contributed by atoms with E-state index in [1.807, 2.05) is 6.08 Å². The van der Waals surface area contributed by atoms with Crippen LogP contribution in [0.5, 0.6) is 0 Å². The van der Waals surface area contributed by atoms with Crippen LogP contribution in [0, 0.1) is 22.7 Å². The van der Waals surface area contributed by atoms with Crippen molar-refractivity contribution < 1.29 is 5.11 Å². The predicted molar refractivity (Wildman–Crippen MR) is 91.1 cm³/mol. The monoisotopic (exact) mass is 288 g/mol. The van der Waals surface area contributed by atoms with Crippen LogP contribution in [0.25, 0.3) is 0 Å². The second-order valence-corrected chi connectivity index (χ2v) is 7.86. The molecule has 1 heteroatoms. The highest BCUT2D eigenvalue weighted by molar-refractivity contribution is 5.20. The van der Waals surface area contributed by atoms with Crippen molar-refractivity contribution >= 4 is 0 Å². The number of hydrogen-bond acceptors (Lipinski definition) is 1. The number of hydrogen-bond donors (Lipinski definition) is 1. The molecule has 0 amide bonds. The minimum atomic E-state index is 0.100. The van der Waals surface area contributed by atoms with E-state index in [2.05, 4.69) is 40.0 Å². The zero-order valence-electron chi connectivity index (χ0n) is 14.1. The molecule has 2 aliphatic rings. The van der Waals surface area contributed by atoms with Crippen molar-refractivity contribution in [3.05, 3.63) is 36.5 Å². The Hall–Kier alpha value is -0.820. The van der Waals surface area contributed by atoms with Gasteiger partial charge in [0.1, 0.15) is 0 Å². The van der Waals surface area contributed by atoms with E-state index < -0.39 is 0 Å². The topological polar surface area (TPSA) is 20.2 Å². The Morgan fingerprint density at radius 3 is 2.71 bits per heavy atom. The minimum absolute atomic E-state index is 0.100. The average molecular weight is 288 g/mol. The fraction of sp³-hybridized carbons (Fsp3) is 0.700. The maximum Gasteiger partial charge on any atom is 0.0487 e. The van der Waals surface area contributed by atoms with Crippen LogP contribution in [0.1, 0.15) is 59.3 Å². The summed E-state index contributed by atoms with van der Waals surface area (Å²) in [6, 6.07) is 0. The van der Waals surface area contributed by atoms with Crippen molar-refractivity contribution in [2.45, 2.75) is 59.3 Å². The third-order valence-electron chi connectivity index (χ3n) is 6.50. The summed E-state index contributed by atoms with van der Waals surface area (Å²) in [5.74, 6) is 1.18. The molecular weight excluding hydrogens is 256 g/mol. The fourth-order valence-corrected chi connectivity index (χ4v) is 5.10. The first kappa shape index (κ1) is 16.5. The van der Waals surface area contributed by atoms with Gasteiger partial charge < -0.3 is 5.11 Å². The van der Waals surface area contributed by atoms with Crippen molar-refractivity contribution in [2.24, 2.45) is 22.7 Å². The number of fused-ring (bicyclic) bond motifs is 1. The van der Waals surface area contributed by atoms with Gasteiger partial charge in [0, 0.05) is 6.61 Å². The predicted octanol–water partition coefficient (Wildman–Crippen LogP) is 5.28. The summed E-state index contributed by atoms with van der Waals surface area (Å²) >= 11 is 0. The molecule has 0 saturated heterocycles. The molecule has 2 rings (SSSR count). The van der Waals surface area contributed by atoms with E-state index in [0.717, 1.165) is 12.8 Å². The van der Waals surface area contributed by atoms with Crippen molar-refractivity contribution in [3.8, 4) is 0 Å². The van der Waals surface area contributed by atoms with Crippen LogP contribution in [0.4, 0.5) is 0 Å². The summed E-state index contributed by atoms with van der Waals surface area (Å²) in [6.45, 7) is 15.4. The van der Waals surface area contributed by atoms with Gasteiger partial charge >= 0.3 is 0 Å². The van der Waals surface area contributed by atoms with Crippen molar-refractivity contribution in [1.29, 1.82) is 0 Å². The standard InChI is InChI=1S/C20H32O/c1-6-15(2)8-10-17-16(3)9-11-18-19(4,14-21)12-7-13-20(17,18)5/h6,8,17-18,21H,1,3,7,9-14H2,2,4-5H3/b15-8-/t17-,18?,19+,20+/m0/s1. The molecule has 2 aliphatic carbocycles. The van der Waals surface area contributed by atoms with E-state index >= 15 is 0 Å². The van der Waals surface area contributed by atoms with E-state index in [0.29, 0.717) is 23.9 Å². The largest absolute Gasteiger partial charge is 0.396 e. The molecule has 0 aromatic carbocycles. The molecule has 2 fully saturated rings. The first-order valence-corrected chi connectivity index (χ1v) is 8.45. The van der Waals surface area contributed by atoms with Crippen LogP contribution in [0.2, 0.25) is 0 Å². The maximum atomic E-state index is 9.96. The maximum absolute atomic E-state index is 9.96. The SMILES string of the molecule is C=C/C(C)=C\C[C@H]1C(=C)CCC2[C@@](C)(CO)CCC[C@@]21C. The van der Waals surface area contributed by atoms with Gasteiger partial charge in [-0.25, -0.2) is 0 Å². The second kappa shape index (κ2) is 6.12. The van der Waals surface area contributed by atoms with E-state index in [4.69, 9.17) is 0 Å². The summed E-state index contributed by atoms with van der Waals surface area (Å²) < 4.78 is 0. The van der Waals surface area contributed by atoms with Gasteiger partial charge in [-0.1, -0.05) is 56.7 Å². The van der Waals surface area contributed by atoms with Crippen LogP contribution in [0.3, 0.4) is 0 Å². The molecule has 21 heavy (non-hydrogen) atoms. The molecule has 0 aromatic rings. The fourth-order valence-electron chi connectivity index (χ4n) is 5.10. The van der Waals surface area contributed by atoms with E-state index in [-0.39, 0.29) is 5.41 Å². The van der Waals surface area contributed by atoms with Gasteiger partial charge in [0.25, 0.3) is 0 Å². The quantitative estimate of drug-likeness (QED) is 0.551. The van der Waals surface area contributed by atoms with Gasteiger partial charge in [-0.15, -0.1) is 0 Å². The van der Waals surface area contributed by atoms with Crippen LogP contribution in [0.15, 0.2) is 36.5 Å². The smallest absolute Gasteiger partial charge is 0.0487 e. The zero-order chi connectivity index (χ0) is 15.7. The Kier molecular flexibility index (Phi) is 4.82. The Morgan fingerprint density at radius 2 is 2.10 bits per heavy atom. The lowest BCUT2D eigenvalue weighted by Crippen LogP contribution is -2.51. The van der Waals surface area contributed by atoms with Crippen LogP contribution in [-0.4, -0.2) is 11.7 Å². The van der Waals surface area contributed by atoms with Gasteiger partial charge in [0.05, 0.1) is 0 Å². The molecule has 0 bridgehead atoms. The summed E-state index contributed by atoms with van der Waals surface area (Å²) in [5, 5.41) is 9.96. The van der Waals surface area contributed by atoms with Gasteiger partial charge in [0.15, 0.2) is 0 Å². The Labute approximate surface area is 130 Å². The van der Waals surface area contributed by atoms with Gasteiger partial charge in [-0.3, -0.25) is 0 Å². The molecule has 0 aliphatic heterocycles. The average Bonchev–Trinajstić information content (AvgIpc) is 2.45. The van der Waals surface area contributed by atoms with Gasteiger partial charge in [-0.05, 0) is 61.7 Å². The van der Waals surface area contributed by atoms with Crippen LogP contribution < -0.4 is 0 Å². The lowest BCUT2D eigenvalue weighted by molar-refractivity contribution is -0.0837. The number of allylic oxidation sites excluding steroid dienone is 4. The Bertz CT molecular complexity index is 447. The van der Waals surface area contributed by atoms with Crippen LogP contribution in [-0.2, 0) is 0 Å². The summed E-state index contributed by atoms with van der Waals surface area (Å²) in [7, 11) is 0. The summed E-state index contributed by atoms with van der Waals surface area (Å²) in [4.78, 5) is 0. The second-order valence-electron chi connectivity index (χ2n) is 7.86. The van der Waals surface area contributed by atoms with Gasteiger partial charge in [-0.2, -0.15) is 0 Å². The normalized spacial score (nSPS) is 40.8. The molecule has 1 N–H and O–H groups in total. The van der Waals surface area contributed by atoms with E-state index in [9.17, 15) is 5.11 Å². The first-order valence-electron chi connectivity index (χ1n) is 8.45. The lowest BCUT2D eigenvalue weighted by Gasteiger charge is -2.58. The number of aliphatic hydroxyl groups is 1. The van der Waals surface area contributed by atoms with E-state index in [1.54, 1.807) is 0 Å². The third kappa shape index (κ3) is 2.90. The highest BCUT2D eigenvalue weighted by Gasteiger charge is 2.53. The van der Waals surface area contributed by atoms with Crippen molar-refractivity contribution in [1.82, 2.24) is 0 Å². The molecule has 0 radical (unpaired) electrons. The molecule has 4 atom stereocenters. The molecule has 0 spiro atoms. The molecule has 0 aromatic heterocycles. The lowest BCUT2D eigenvalue weighted by atomic mass is 9.47. The van der Waals surface area contributed by atoms with Crippen molar-refractivity contribution in [3.63, 3.8) is 0 Å². The van der Waals surface area contributed by atoms with Gasteiger partial charge in [0.2, 0.25) is 0 Å². The molecule has 1 nitrogen and oxygen atoms in total. The molecule has 118 valence electrons. The highest BCUT2D eigenvalue weighted by atomic mass is 16.3. The summed E-state index contributed by atoms with van der Waals surface area (Å²) in [5.41, 5.74) is 3.07. The number of rotatable bonds is 4. The molecule has 2 saturated carbocycles. The zero-order valence-corrected chi connectivity index (χ0v) is 14.1. The Morgan fingerprint density at radius 1 is 1.38 bits per heavy atom. The highest BCUT2D eigenvalue weighted by Crippen LogP contribution is 2.61. The molecular formula is C20H32O. The first-order chi connectivity index (χ1) is 9.87. The third-order valence-corrected chi connectivity index (χ3v) is 6.50. The summed E-state index contributed by atoms with van der Waals surface area (Å²) in [6.07, 6.45) is 11.3. The van der Waals surface area contributed by atoms with Crippen LogP contribution >= 0.6 is 0 Å². The number of aliphatic hydroxyl groups excluding tert-OH is 1. The molecule has 0 heterocycles. The van der Waals surface area contributed by atoms with E-state index in [1.165, 1.54) is 36.8 Å². The minimum Gasteiger partial charge on any atom is -0.396 e. The Balaban J connectivity index is 2.31.